The number of anilines is 1. The van der Waals surface area contributed by atoms with Gasteiger partial charge in [-0.05, 0) is 29.5 Å². The van der Waals surface area contributed by atoms with Gasteiger partial charge in [0.1, 0.15) is 0 Å². The summed E-state index contributed by atoms with van der Waals surface area (Å²) in [6, 6.07) is 6.44. The number of nitrogens with one attached hydrogen (secondary N) is 1. The van der Waals surface area contributed by atoms with E-state index >= 15 is 0 Å². The van der Waals surface area contributed by atoms with Gasteiger partial charge in [-0.2, -0.15) is 0 Å². The van der Waals surface area contributed by atoms with Gasteiger partial charge in [0.25, 0.3) is 0 Å². The highest BCUT2D eigenvalue weighted by molar-refractivity contribution is 6.09. The van der Waals surface area contributed by atoms with Gasteiger partial charge < -0.3 is 11.1 Å². The average Bonchev–Trinajstić information content (AvgIpc) is 2.81. The molecule has 3 nitrogen and oxygen atoms in total. The minimum absolute atomic E-state index is 0.571. The molecule has 0 aliphatic carbocycles. The zero-order valence-electron chi connectivity index (χ0n) is 11.1. The van der Waals surface area contributed by atoms with E-state index < -0.39 is 0 Å². The van der Waals surface area contributed by atoms with Crippen molar-refractivity contribution in [3.05, 3.63) is 35.5 Å². The lowest BCUT2D eigenvalue weighted by molar-refractivity contribution is 0.667. The zero-order valence-corrected chi connectivity index (χ0v) is 11.1. The highest BCUT2D eigenvalue weighted by Crippen LogP contribution is 2.25. The molecule has 1 heterocycles. The summed E-state index contributed by atoms with van der Waals surface area (Å²) in [6.45, 7) is 6.17. The lowest BCUT2D eigenvalue weighted by atomic mass is 10.0. The van der Waals surface area contributed by atoms with Crippen molar-refractivity contribution >= 4 is 17.5 Å². The van der Waals surface area contributed by atoms with Crippen LogP contribution in [0.4, 0.5) is 5.69 Å². The first-order valence-electron chi connectivity index (χ1n) is 6.49. The molecule has 0 spiro atoms. The van der Waals surface area contributed by atoms with Gasteiger partial charge in [-0.1, -0.05) is 26.0 Å². The van der Waals surface area contributed by atoms with Crippen LogP contribution in [-0.4, -0.2) is 19.3 Å². The molecule has 0 aromatic heterocycles. The Hall–Kier alpha value is -1.77. The highest BCUT2D eigenvalue weighted by atomic mass is 14.9. The molecule has 0 fully saturated rings. The van der Waals surface area contributed by atoms with Gasteiger partial charge in [0.05, 0.1) is 0 Å². The van der Waals surface area contributed by atoms with Crippen LogP contribution in [0.5, 0.6) is 0 Å². The van der Waals surface area contributed by atoms with Crippen LogP contribution in [0.3, 0.4) is 0 Å². The van der Waals surface area contributed by atoms with Crippen LogP contribution in [-0.2, 0) is 6.42 Å². The molecular weight excluding hydrogens is 222 g/mol. The predicted molar refractivity (Wildman–Crippen MR) is 79.0 cm³/mol. The molecule has 18 heavy (non-hydrogen) atoms. The van der Waals surface area contributed by atoms with Gasteiger partial charge in [0.15, 0.2) is 0 Å². The Morgan fingerprint density at radius 3 is 3.06 bits per heavy atom. The summed E-state index contributed by atoms with van der Waals surface area (Å²) in [7, 11) is 0. The highest BCUT2D eigenvalue weighted by Gasteiger charge is 2.10. The van der Waals surface area contributed by atoms with Crippen molar-refractivity contribution in [3.63, 3.8) is 0 Å². The second kappa shape index (κ2) is 5.71. The molecule has 3 N–H and O–H groups in total. The second-order valence-electron chi connectivity index (χ2n) is 5.06. The number of nitrogens with zero attached hydrogens (tertiary/aromatic N) is 1. The summed E-state index contributed by atoms with van der Waals surface area (Å²) in [5.41, 5.74) is 10.4. The van der Waals surface area contributed by atoms with E-state index in [1.54, 1.807) is 6.20 Å². The third-order valence-electron chi connectivity index (χ3n) is 3.03. The molecule has 0 amide bonds. The first-order valence-corrected chi connectivity index (χ1v) is 6.49. The van der Waals surface area contributed by atoms with Crippen molar-refractivity contribution in [3.8, 4) is 0 Å². The molecule has 0 atom stereocenters. The average molecular weight is 243 g/mol. The fourth-order valence-electron chi connectivity index (χ4n) is 2.05. The van der Waals surface area contributed by atoms with Crippen LogP contribution < -0.4 is 11.1 Å². The SMILES string of the molecule is CC(C)CN=CC(=CN)c1ccc2c(c1)NCC2. The van der Waals surface area contributed by atoms with Gasteiger partial charge in [0, 0.05) is 36.8 Å². The molecule has 1 aromatic carbocycles. The van der Waals surface area contributed by atoms with Crippen LogP contribution in [0.25, 0.3) is 5.57 Å². The molecule has 96 valence electrons. The zero-order chi connectivity index (χ0) is 13.0. The third kappa shape index (κ3) is 2.92. The first kappa shape index (κ1) is 12.7. The molecule has 0 saturated carbocycles. The molecule has 1 aliphatic heterocycles. The summed E-state index contributed by atoms with van der Waals surface area (Å²) in [5, 5.41) is 3.38. The first-order chi connectivity index (χ1) is 8.70. The standard InChI is InChI=1S/C15H21N3/c1-11(2)9-17-10-14(8-16)13-4-3-12-5-6-18-15(12)7-13/h3-4,7-8,10-11,18H,5-6,9,16H2,1-2H3. The van der Waals surface area contributed by atoms with Crippen molar-refractivity contribution in [1.82, 2.24) is 0 Å². The topological polar surface area (TPSA) is 50.4 Å². The van der Waals surface area contributed by atoms with Crippen LogP contribution in [0.1, 0.15) is 25.0 Å². The minimum Gasteiger partial charge on any atom is -0.404 e. The number of hydrogen-bond acceptors (Lipinski definition) is 3. The fraction of sp³-hybridized carbons (Fsp3) is 0.400. The smallest absolute Gasteiger partial charge is 0.0412 e. The number of rotatable bonds is 4. The Morgan fingerprint density at radius 1 is 1.50 bits per heavy atom. The number of allylic oxidation sites excluding steroid dienone is 1. The molecule has 0 radical (unpaired) electrons. The Bertz CT molecular complexity index is 473. The van der Waals surface area contributed by atoms with E-state index in [1.807, 2.05) is 6.21 Å². The lowest BCUT2D eigenvalue weighted by Gasteiger charge is -2.06. The molecule has 3 heteroatoms. The Labute approximate surface area is 109 Å². The quantitative estimate of drug-likeness (QED) is 0.799. The third-order valence-corrected chi connectivity index (χ3v) is 3.03. The summed E-state index contributed by atoms with van der Waals surface area (Å²) >= 11 is 0. The van der Waals surface area contributed by atoms with Crippen LogP contribution >= 0.6 is 0 Å². The van der Waals surface area contributed by atoms with Gasteiger partial charge in [-0.25, -0.2) is 0 Å². The van der Waals surface area contributed by atoms with Crippen molar-refractivity contribution in [2.45, 2.75) is 20.3 Å². The molecule has 0 unspecified atom stereocenters. The Morgan fingerprint density at radius 2 is 2.33 bits per heavy atom. The molecule has 0 saturated heterocycles. The molecule has 0 bridgehead atoms. The predicted octanol–water partition coefficient (Wildman–Crippen LogP) is 2.68. The number of benzene rings is 1. The van der Waals surface area contributed by atoms with Gasteiger partial charge in [0.2, 0.25) is 0 Å². The van der Waals surface area contributed by atoms with E-state index in [4.69, 9.17) is 5.73 Å². The molecule has 1 aliphatic rings. The summed E-state index contributed by atoms with van der Waals surface area (Å²) in [4.78, 5) is 4.42. The van der Waals surface area contributed by atoms with Crippen LogP contribution in [0, 0.1) is 5.92 Å². The van der Waals surface area contributed by atoms with Crippen molar-refractivity contribution < 1.29 is 0 Å². The Balaban J connectivity index is 2.16. The van der Waals surface area contributed by atoms with E-state index in [2.05, 4.69) is 42.4 Å². The largest absolute Gasteiger partial charge is 0.404 e. The van der Waals surface area contributed by atoms with Crippen molar-refractivity contribution in [2.75, 3.05) is 18.4 Å². The lowest BCUT2D eigenvalue weighted by Crippen LogP contribution is -1.96. The van der Waals surface area contributed by atoms with Crippen molar-refractivity contribution in [2.24, 2.45) is 16.6 Å². The summed E-state index contributed by atoms with van der Waals surface area (Å²) in [6.07, 6.45) is 4.61. The number of nitrogens with two attached hydrogens (primary N) is 1. The van der Waals surface area contributed by atoms with Crippen LogP contribution in [0.2, 0.25) is 0 Å². The van der Waals surface area contributed by atoms with Crippen LogP contribution in [0.15, 0.2) is 29.4 Å². The molecular formula is C15H21N3. The maximum Gasteiger partial charge on any atom is 0.0412 e. The van der Waals surface area contributed by atoms with E-state index in [0.717, 1.165) is 30.6 Å². The van der Waals surface area contributed by atoms with E-state index in [-0.39, 0.29) is 0 Å². The van der Waals surface area contributed by atoms with E-state index in [1.165, 1.54) is 11.3 Å². The van der Waals surface area contributed by atoms with Crippen molar-refractivity contribution in [1.29, 1.82) is 0 Å². The van der Waals surface area contributed by atoms with E-state index in [0.29, 0.717) is 5.92 Å². The van der Waals surface area contributed by atoms with Gasteiger partial charge >= 0.3 is 0 Å². The molecule has 1 aromatic rings. The summed E-state index contributed by atoms with van der Waals surface area (Å²) in [5.74, 6) is 0.571. The number of aliphatic imine (C=N–C) groups is 1. The second-order valence-corrected chi connectivity index (χ2v) is 5.06. The normalized spacial score (nSPS) is 15.2. The minimum atomic E-state index is 0.571. The number of hydrogen-bond donors (Lipinski definition) is 2. The number of fused-ring (bicyclic) bond motifs is 1. The van der Waals surface area contributed by atoms with Gasteiger partial charge in [-0.3, -0.25) is 4.99 Å². The Kier molecular flexibility index (Phi) is 4.03. The fourth-order valence-corrected chi connectivity index (χ4v) is 2.05. The van der Waals surface area contributed by atoms with E-state index in [9.17, 15) is 0 Å². The summed E-state index contributed by atoms with van der Waals surface area (Å²) < 4.78 is 0. The maximum atomic E-state index is 5.69. The monoisotopic (exact) mass is 243 g/mol. The van der Waals surface area contributed by atoms with Gasteiger partial charge in [-0.15, -0.1) is 0 Å². The maximum absolute atomic E-state index is 5.69. The molecule has 2 rings (SSSR count).